The number of nitrogens with one attached hydrogen (secondary N) is 2. The number of halogens is 1. The van der Waals surface area contributed by atoms with Crippen molar-refractivity contribution in [3.63, 3.8) is 0 Å². The van der Waals surface area contributed by atoms with Crippen LogP contribution in [0.5, 0.6) is 0 Å². The van der Waals surface area contributed by atoms with Crippen LogP contribution < -0.4 is 10.6 Å². The molecule has 0 heterocycles. The molecular formula is C14H19FN2O3. The van der Waals surface area contributed by atoms with E-state index in [1.807, 2.05) is 0 Å². The molecule has 0 radical (unpaired) electrons. The van der Waals surface area contributed by atoms with Crippen LogP contribution >= 0.6 is 0 Å². The van der Waals surface area contributed by atoms with E-state index in [1.165, 1.54) is 12.1 Å². The van der Waals surface area contributed by atoms with Crippen LogP contribution in [0.2, 0.25) is 0 Å². The first kappa shape index (κ1) is 15.9. The number of carboxylic acids is 1. The molecule has 110 valence electrons. The molecule has 0 saturated carbocycles. The zero-order chi connectivity index (χ0) is 15.1. The summed E-state index contributed by atoms with van der Waals surface area (Å²) < 4.78 is 13.4. The van der Waals surface area contributed by atoms with E-state index in [9.17, 15) is 14.0 Å². The van der Waals surface area contributed by atoms with Gasteiger partial charge in [-0.1, -0.05) is 19.9 Å². The molecule has 3 N–H and O–H groups in total. The maximum atomic E-state index is 13.4. The van der Waals surface area contributed by atoms with Crippen LogP contribution in [0.3, 0.4) is 0 Å². The molecule has 0 aliphatic carbocycles. The summed E-state index contributed by atoms with van der Waals surface area (Å²) in [5.41, 5.74) is -0.594. The molecule has 1 aromatic rings. The van der Waals surface area contributed by atoms with E-state index >= 15 is 0 Å². The van der Waals surface area contributed by atoms with Gasteiger partial charge in [-0.25, -0.2) is 14.0 Å². The van der Waals surface area contributed by atoms with Gasteiger partial charge >= 0.3 is 12.0 Å². The molecule has 0 atom stereocenters. The second-order valence-electron chi connectivity index (χ2n) is 4.88. The molecule has 6 heteroatoms. The molecular weight excluding hydrogens is 263 g/mol. The Morgan fingerprint density at radius 3 is 2.65 bits per heavy atom. The van der Waals surface area contributed by atoms with Crippen LogP contribution in [0.1, 0.15) is 37.0 Å². The number of carbonyl (C=O) groups is 2. The average Bonchev–Trinajstić information content (AvgIpc) is 2.34. The van der Waals surface area contributed by atoms with E-state index < -0.39 is 23.4 Å². The van der Waals surface area contributed by atoms with Gasteiger partial charge < -0.3 is 15.7 Å². The molecule has 0 fully saturated rings. The minimum absolute atomic E-state index is 0.0566. The SMILES string of the molecule is CC(C)CCCNC(=O)Nc1cccc(F)c1C(=O)O. The normalized spacial score (nSPS) is 10.4. The fourth-order valence-electron chi connectivity index (χ4n) is 1.72. The van der Waals surface area contributed by atoms with Gasteiger partial charge in [-0.2, -0.15) is 0 Å². The van der Waals surface area contributed by atoms with Gasteiger partial charge in [-0.3, -0.25) is 0 Å². The fraction of sp³-hybridized carbons (Fsp3) is 0.429. The standard InChI is InChI=1S/C14H19FN2O3/c1-9(2)5-4-8-16-14(20)17-11-7-3-6-10(15)12(11)13(18)19/h3,6-7,9H,4-5,8H2,1-2H3,(H,18,19)(H2,16,17,20). The second kappa shape index (κ2) is 7.47. The van der Waals surface area contributed by atoms with Crippen molar-refractivity contribution in [1.29, 1.82) is 0 Å². The van der Waals surface area contributed by atoms with Gasteiger partial charge in [0.2, 0.25) is 0 Å². The first-order valence-corrected chi connectivity index (χ1v) is 6.48. The topological polar surface area (TPSA) is 78.4 Å². The molecule has 0 bridgehead atoms. The lowest BCUT2D eigenvalue weighted by Crippen LogP contribution is -2.30. The minimum Gasteiger partial charge on any atom is -0.478 e. The summed E-state index contributed by atoms with van der Waals surface area (Å²) in [5.74, 6) is -1.74. The smallest absolute Gasteiger partial charge is 0.340 e. The molecule has 1 rings (SSSR count). The molecule has 0 aliphatic rings. The maximum absolute atomic E-state index is 13.4. The third-order valence-electron chi connectivity index (χ3n) is 2.72. The number of hydrogen-bond acceptors (Lipinski definition) is 2. The summed E-state index contributed by atoms with van der Waals surface area (Å²) in [6.07, 6.45) is 1.82. The molecule has 0 saturated heterocycles. The van der Waals surface area contributed by atoms with Gasteiger partial charge in [0.05, 0.1) is 5.69 Å². The van der Waals surface area contributed by atoms with Crippen molar-refractivity contribution in [2.24, 2.45) is 5.92 Å². The number of benzene rings is 1. The predicted molar refractivity (Wildman–Crippen MR) is 74.5 cm³/mol. The van der Waals surface area contributed by atoms with Crippen molar-refractivity contribution in [3.05, 3.63) is 29.6 Å². The number of hydrogen-bond donors (Lipinski definition) is 3. The molecule has 5 nitrogen and oxygen atoms in total. The number of anilines is 1. The monoisotopic (exact) mass is 282 g/mol. The third-order valence-corrected chi connectivity index (χ3v) is 2.72. The lowest BCUT2D eigenvalue weighted by atomic mass is 10.1. The predicted octanol–water partition coefficient (Wildman–Crippen LogP) is 3.08. The molecule has 0 spiro atoms. The Hall–Kier alpha value is -2.11. The number of rotatable bonds is 6. The van der Waals surface area contributed by atoms with Crippen molar-refractivity contribution in [1.82, 2.24) is 5.32 Å². The summed E-state index contributed by atoms with van der Waals surface area (Å²) in [6.45, 7) is 4.67. The van der Waals surface area contributed by atoms with Crippen molar-refractivity contribution in [3.8, 4) is 0 Å². The highest BCUT2D eigenvalue weighted by Crippen LogP contribution is 2.18. The van der Waals surface area contributed by atoms with Crippen LogP contribution in [-0.2, 0) is 0 Å². The lowest BCUT2D eigenvalue weighted by Gasteiger charge is -2.10. The highest BCUT2D eigenvalue weighted by molar-refractivity contribution is 6.00. The summed E-state index contributed by atoms with van der Waals surface area (Å²) in [7, 11) is 0. The fourth-order valence-corrected chi connectivity index (χ4v) is 1.72. The first-order chi connectivity index (χ1) is 9.41. The number of carbonyl (C=O) groups excluding carboxylic acids is 1. The Labute approximate surface area is 117 Å². The van der Waals surface area contributed by atoms with Gasteiger partial charge in [0.15, 0.2) is 0 Å². The van der Waals surface area contributed by atoms with E-state index in [-0.39, 0.29) is 5.69 Å². The van der Waals surface area contributed by atoms with Crippen LogP contribution in [0.15, 0.2) is 18.2 Å². The van der Waals surface area contributed by atoms with E-state index in [0.717, 1.165) is 18.9 Å². The van der Waals surface area contributed by atoms with Crippen molar-refractivity contribution in [2.75, 3.05) is 11.9 Å². The van der Waals surface area contributed by atoms with Gasteiger partial charge in [-0.05, 0) is 30.9 Å². The molecule has 20 heavy (non-hydrogen) atoms. The Balaban J connectivity index is 2.58. The highest BCUT2D eigenvalue weighted by atomic mass is 19.1. The molecule has 0 aromatic heterocycles. The molecule has 1 aromatic carbocycles. The second-order valence-corrected chi connectivity index (χ2v) is 4.88. The van der Waals surface area contributed by atoms with Gasteiger partial charge in [0, 0.05) is 6.54 Å². The number of carboxylic acid groups (broad SMARTS) is 1. The van der Waals surface area contributed by atoms with E-state index in [2.05, 4.69) is 24.5 Å². The Kier molecular flexibility index (Phi) is 5.96. The van der Waals surface area contributed by atoms with Crippen LogP contribution in [-0.4, -0.2) is 23.7 Å². The summed E-state index contributed by atoms with van der Waals surface area (Å²) in [5, 5.41) is 13.9. The van der Waals surface area contributed by atoms with E-state index in [4.69, 9.17) is 5.11 Å². The van der Waals surface area contributed by atoms with Crippen molar-refractivity contribution < 1.29 is 19.1 Å². The van der Waals surface area contributed by atoms with Crippen molar-refractivity contribution >= 4 is 17.7 Å². The number of aromatic carboxylic acids is 1. The quantitative estimate of drug-likeness (QED) is 0.701. The Morgan fingerprint density at radius 2 is 2.05 bits per heavy atom. The van der Waals surface area contributed by atoms with Crippen molar-refractivity contribution in [2.45, 2.75) is 26.7 Å². The van der Waals surface area contributed by atoms with Crippen LogP contribution in [0.4, 0.5) is 14.9 Å². The van der Waals surface area contributed by atoms with E-state index in [0.29, 0.717) is 12.5 Å². The van der Waals surface area contributed by atoms with Crippen LogP contribution in [0, 0.1) is 11.7 Å². The minimum atomic E-state index is -1.42. The lowest BCUT2D eigenvalue weighted by molar-refractivity contribution is 0.0693. The molecule has 2 amide bonds. The van der Waals surface area contributed by atoms with Crippen LogP contribution in [0.25, 0.3) is 0 Å². The zero-order valence-electron chi connectivity index (χ0n) is 11.6. The van der Waals surface area contributed by atoms with Gasteiger partial charge in [0.1, 0.15) is 11.4 Å². The highest BCUT2D eigenvalue weighted by Gasteiger charge is 2.16. The maximum Gasteiger partial charge on any atom is 0.340 e. The number of amides is 2. The molecule has 0 unspecified atom stereocenters. The average molecular weight is 282 g/mol. The van der Waals surface area contributed by atoms with Gasteiger partial charge in [0.25, 0.3) is 0 Å². The van der Waals surface area contributed by atoms with E-state index in [1.54, 1.807) is 0 Å². The summed E-state index contributed by atoms with van der Waals surface area (Å²) in [4.78, 5) is 22.6. The molecule has 0 aliphatic heterocycles. The first-order valence-electron chi connectivity index (χ1n) is 6.48. The number of urea groups is 1. The summed E-state index contributed by atoms with van der Waals surface area (Å²) >= 11 is 0. The zero-order valence-corrected chi connectivity index (χ0v) is 11.6. The Bertz CT molecular complexity index is 489. The third kappa shape index (κ3) is 4.87. The summed E-state index contributed by atoms with van der Waals surface area (Å²) in [6, 6.07) is 3.19. The largest absolute Gasteiger partial charge is 0.478 e. The van der Waals surface area contributed by atoms with Gasteiger partial charge in [-0.15, -0.1) is 0 Å². The Morgan fingerprint density at radius 1 is 1.35 bits per heavy atom.